The molecule has 2 aliphatic heterocycles. The van der Waals surface area contributed by atoms with E-state index in [0.717, 1.165) is 36.9 Å². The largest absolute Gasteiger partial charge is 0.368 e. The number of aromatic nitrogens is 1. The molecule has 1 unspecified atom stereocenters. The summed E-state index contributed by atoms with van der Waals surface area (Å²) in [4.78, 5) is 44.3. The summed E-state index contributed by atoms with van der Waals surface area (Å²) in [6.07, 6.45) is 3.63. The number of ether oxygens (including phenoxy) is 1. The van der Waals surface area contributed by atoms with Crippen LogP contribution in [0.25, 0.3) is 0 Å². The van der Waals surface area contributed by atoms with Gasteiger partial charge in [0.25, 0.3) is 11.8 Å². The van der Waals surface area contributed by atoms with Crippen LogP contribution in [0, 0.1) is 6.92 Å². The SMILES string of the molecule is Cc1c(C(=O)N2CCN(C(=O)C3CCCO3)CC2)[nH]c2c1C(=O)CCC2. The van der Waals surface area contributed by atoms with E-state index in [1.165, 1.54) is 0 Å². The summed E-state index contributed by atoms with van der Waals surface area (Å²) in [7, 11) is 0. The molecular formula is C19H25N3O4. The Bertz CT molecular complexity index is 740. The van der Waals surface area contributed by atoms with Crippen LogP contribution in [0.15, 0.2) is 0 Å². The highest BCUT2D eigenvalue weighted by molar-refractivity contribution is 6.04. The zero-order valence-electron chi connectivity index (χ0n) is 15.2. The molecule has 4 rings (SSSR count). The highest BCUT2D eigenvalue weighted by atomic mass is 16.5. The van der Waals surface area contributed by atoms with E-state index < -0.39 is 0 Å². The topological polar surface area (TPSA) is 82.7 Å². The number of nitrogens with one attached hydrogen (secondary N) is 1. The third-order valence-electron chi connectivity index (χ3n) is 5.73. The van der Waals surface area contributed by atoms with Gasteiger partial charge in [-0.25, -0.2) is 0 Å². The summed E-state index contributed by atoms with van der Waals surface area (Å²) < 4.78 is 5.48. The van der Waals surface area contributed by atoms with Crippen LogP contribution in [0.2, 0.25) is 0 Å². The number of piperazine rings is 1. The van der Waals surface area contributed by atoms with E-state index in [2.05, 4.69) is 4.98 Å². The fraction of sp³-hybridized carbons (Fsp3) is 0.632. The van der Waals surface area contributed by atoms with Crippen LogP contribution in [0.3, 0.4) is 0 Å². The average molecular weight is 359 g/mol. The molecule has 1 aliphatic carbocycles. The van der Waals surface area contributed by atoms with Crippen molar-refractivity contribution in [2.45, 2.75) is 45.1 Å². The quantitative estimate of drug-likeness (QED) is 0.863. The molecule has 1 N–H and O–H groups in total. The smallest absolute Gasteiger partial charge is 0.270 e. The summed E-state index contributed by atoms with van der Waals surface area (Å²) in [5, 5.41) is 0. The molecule has 7 heteroatoms. The van der Waals surface area contributed by atoms with Gasteiger partial charge in [0.2, 0.25) is 0 Å². The number of H-pyrrole nitrogens is 1. The van der Waals surface area contributed by atoms with Gasteiger partial charge in [-0.1, -0.05) is 0 Å². The Morgan fingerprint density at radius 1 is 1.08 bits per heavy atom. The van der Waals surface area contributed by atoms with Crippen molar-refractivity contribution in [3.8, 4) is 0 Å². The minimum absolute atomic E-state index is 0.0479. The Morgan fingerprint density at radius 3 is 2.46 bits per heavy atom. The van der Waals surface area contributed by atoms with Crippen LogP contribution in [-0.4, -0.2) is 71.3 Å². The molecule has 0 radical (unpaired) electrons. The fourth-order valence-electron chi connectivity index (χ4n) is 4.25. The summed E-state index contributed by atoms with van der Waals surface area (Å²) in [6, 6.07) is 0. The number of fused-ring (bicyclic) bond motifs is 1. The van der Waals surface area contributed by atoms with E-state index in [1.54, 1.807) is 9.80 Å². The van der Waals surface area contributed by atoms with Gasteiger partial charge in [0.15, 0.2) is 5.78 Å². The number of hydrogen-bond donors (Lipinski definition) is 1. The average Bonchev–Trinajstić information content (AvgIpc) is 3.30. The normalized spacial score (nSPS) is 23.3. The van der Waals surface area contributed by atoms with Gasteiger partial charge in [0.05, 0.1) is 0 Å². The van der Waals surface area contributed by atoms with Crippen molar-refractivity contribution in [1.29, 1.82) is 0 Å². The maximum atomic E-state index is 12.9. The summed E-state index contributed by atoms with van der Waals surface area (Å²) in [5.41, 5.74) is 2.91. The molecule has 2 fully saturated rings. The molecule has 0 spiro atoms. The number of ketones is 1. The van der Waals surface area contributed by atoms with E-state index in [1.807, 2.05) is 6.92 Å². The standard InChI is InChI=1S/C19H25N3O4/c1-12-16-13(4-2-5-14(16)23)20-17(12)19(25)22-9-7-21(8-10-22)18(24)15-6-3-11-26-15/h15,20H,2-11H2,1H3. The second kappa shape index (κ2) is 6.87. The Kier molecular flexibility index (Phi) is 4.56. The molecule has 3 heterocycles. The lowest BCUT2D eigenvalue weighted by Crippen LogP contribution is -2.53. The number of amides is 2. The van der Waals surface area contributed by atoms with Gasteiger partial charge in [0.1, 0.15) is 11.8 Å². The summed E-state index contributed by atoms with van der Waals surface area (Å²) >= 11 is 0. The van der Waals surface area contributed by atoms with Gasteiger partial charge in [-0.3, -0.25) is 14.4 Å². The number of nitrogens with zero attached hydrogens (tertiary/aromatic N) is 2. The molecule has 2 amide bonds. The maximum Gasteiger partial charge on any atom is 0.270 e. The van der Waals surface area contributed by atoms with Crippen molar-refractivity contribution < 1.29 is 19.1 Å². The first-order valence-electron chi connectivity index (χ1n) is 9.50. The lowest BCUT2D eigenvalue weighted by molar-refractivity contribution is -0.142. The van der Waals surface area contributed by atoms with Crippen LogP contribution in [-0.2, 0) is 16.0 Å². The van der Waals surface area contributed by atoms with Gasteiger partial charge >= 0.3 is 0 Å². The van der Waals surface area contributed by atoms with E-state index in [4.69, 9.17) is 4.74 Å². The number of Topliss-reactive ketones (excluding diaryl/α,β-unsaturated/α-hetero) is 1. The zero-order chi connectivity index (χ0) is 18.3. The van der Waals surface area contributed by atoms with Crippen molar-refractivity contribution in [1.82, 2.24) is 14.8 Å². The van der Waals surface area contributed by atoms with Gasteiger partial charge in [0, 0.05) is 50.5 Å². The number of rotatable bonds is 2. The van der Waals surface area contributed by atoms with Crippen molar-refractivity contribution >= 4 is 17.6 Å². The highest BCUT2D eigenvalue weighted by Gasteiger charge is 2.33. The molecule has 2 saturated heterocycles. The molecule has 1 aromatic heterocycles. The first-order chi connectivity index (χ1) is 12.6. The number of carbonyl (C=O) groups excluding carboxylic acids is 3. The Labute approximate surface area is 152 Å². The van der Waals surface area contributed by atoms with Crippen molar-refractivity contribution in [2.24, 2.45) is 0 Å². The van der Waals surface area contributed by atoms with Crippen molar-refractivity contribution in [3.05, 3.63) is 22.5 Å². The maximum absolute atomic E-state index is 12.9. The third kappa shape index (κ3) is 2.94. The highest BCUT2D eigenvalue weighted by Crippen LogP contribution is 2.27. The fourth-order valence-corrected chi connectivity index (χ4v) is 4.25. The summed E-state index contributed by atoms with van der Waals surface area (Å²) in [6.45, 7) is 4.59. The van der Waals surface area contributed by atoms with Crippen LogP contribution < -0.4 is 0 Å². The molecule has 0 saturated carbocycles. The van der Waals surface area contributed by atoms with Crippen molar-refractivity contribution in [3.63, 3.8) is 0 Å². The number of carbonyl (C=O) groups is 3. The molecular weight excluding hydrogens is 334 g/mol. The zero-order valence-corrected chi connectivity index (χ0v) is 15.2. The molecule has 26 heavy (non-hydrogen) atoms. The van der Waals surface area contributed by atoms with E-state index in [9.17, 15) is 14.4 Å². The van der Waals surface area contributed by atoms with Gasteiger partial charge in [-0.05, 0) is 38.2 Å². The van der Waals surface area contributed by atoms with E-state index in [0.29, 0.717) is 50.5 Å². The minimum Gasteiger partial charge on any atom is -0.368 e. The molecule has 140 valence electrons. The van der Waals surface area contributed by atoms with Gasteiger partial charge in [-0.2, -0.15) is 0 Å². The van der Waals surface area contributed by atoms with Crippen LogP contribution in [0.1, 0.15) is 57.8 Å². The van der Waals surface area contributed by atoms with Crippen LogP contribution in [0.4, 0.5) is 0 Å². The third-order valence-corrected chi connectivity index (χ3v) is 5.73. The second-order valence-corrected chi connectivity index (χ2v) is 7.37. The first kappa shape index (κ1) is 17.3. The number of aromatic amines is 1. The Morgan fingerprint density at radius 2 is 1.81 bits per heavy atom. The second-order valence-electron chi connectivity index (χ2n) is 7.37. The number of hydrogen-bond acceptors (Lipinski definition) is 4. The predicted molar refractivity (Wildman–Crippen MR) is 94.3 cm³/mol. The van der Waals surface area contributed by atoms with Crippen LogP contribution in [0.5, 0.6) is 0 Å². The lowest BCUT2D eigenvalue weighted by atomic mass is 9.93. The monoisotopic (exact) mass is 359 g/mol. The van der Waals surface area contributed by atoms with Gasteiger partial charge in [-0.15, -0.1) is 0 Å². The van der Waals surface area contributed by atoms with Crippen molar-refractivity contribution in [2.75, 3.05) is 32.8 Å². The molecule has 1 aromatic rings. The molecule has 0 aromatic carbocycles. The van der Waals surface area contributed by atoms with E-state index in [-0.39, 0.29) is 23.7 Å². The van der Waals surface area contributed by atoms with Gasteiger partial charge < -0.3 is 19.5 Å². The minimum atomic E-state index is -0.305. The first-order valence-corrected chi connectivity index (χ1v) is 9.50. The molecule has 1 atom stereocenters. The molecule has 7 nitrogen and oxygen atoms in total. The Balaban J connectivity index is 1.43. The van der Waals surface area contributed by atoms with Crippen LogP contribution >= 0.6 is 0 Å². The predicted octanol–water partition coefficient (Wildman–Crippen LogP) is 1.31. The Hall–Kier alpha value is -2.15. The number of aryl methyl sites for hydroxylation is 1. The van der Waals surface area contributed by atoms with E-state index >= 15 is 0 Å². The molecule has 3 aliphatic rings. The lowest BCUT2D eigenvalue weighted by Gasteiger charge is -2.35. The summed E-state index contributed by atoms with van der Waals surface area (Å²) in [5.74, 6) is 0.103. The molecule has 0 bridgehead atoms.